The molecule has 3 nitrogen and oxygen atoms in total. The van der Waals surface area contributed by atoms with Crippen LogP contribution in [0.25, 0.3) is 0 Å². The summed E-state index contributed by atoms with van der Waals surface area (Å²) in [5, 5.41) is 13.7. The Morgan fingerprint density at radius 3 is 2.53 bits per heavy atom. The van der Waals surface area contributed by atoms with Crippen LogP contribution in [0.2, 0.25) is 0 Å². The molecule has 17 heavy (non-hydrogen) atoms. The van der Waals surface area contributed by atoms with Crippen LogP contribution < -0.4 is 5.32 Å². The number of methoxy groups -OCH3 is 1. The SMILES string of the molecule is COCC[C@](C)(O)CN[C@@H]1CC(C)(C)C[C@H]1C. The molecular formula is C14H29NO2. The van der Waals surface area contributed by atoms with E-state index >= 15 is 0 Å². The van der Waals surface area contributed by atoms with Gasteiger partial charge < -0.3 is 15.2 Å². The first-order chi connectivity index (χ1) is 7.76. The predicted octanol–water partition coefficient (Wildman–Crippen LogP) is 2.19. The molecule has 1 aliphatic carbocycles. The molecule has 0 amide bonds. The van der Waals surface area contributed by atoms with Crippen LogP contribution >= 0.6 is 0 Å². The van der Waals surface area contributed by atoms with Crippen LogP contribution in [-0.2, 0) is 4.74 Å². The summed E-state index contributed by atoms with van der Waals surface area (Å²) in [5.41, 5.74) is -0.224. The van der Waals surface area contributed by atoms with E-state index in [9.17, 15) is 5.11 Å². The largest absolute Gasteiger partial charge is 0.389 e. The van der Waals surface area contributed by atoms with Crippen molar-refractivity contribution in [2.24, 2.45) is 11.3 Å². The van der Waals surface area contributed by atoms with Gasteiger partial charge in [0.2, 0.25) is 0 Å². The number of hydrogen-bond acceptors (Lipinski definition) is 3. The van der Waals surface area contributed by atoms with Gasteiger partial charge in [0.1, 0.15) is 0 Å². The molecular weight excluding hydrogens is 214 g/mol. The summed E-state index contributed by atoms with van der Waals surface area (Å²) in [5.74, 6) is 0.697. The van der Waals surface area contributed by atoms with Gasteiger partial charge in [0, 0.05) is 32.7 Å². The fourth-order valence-electron chi connectivity index (χ4n) is 2.93. The summed E-state index contributed by atoms with van der Waals surface area (Å²) < 4.78 is 5.02. The standard InChI is InChI=1S/C14H29NO2/c1-11-8-13(2,3)9-12(11)15-10-14(4,16)6-7-17-5/h11-12,15-16H,6-10H2,1-5H3/t11-,12-,14+/m1/s1. The van der Waals surface area contributed by atoms with Gasteiger partial charge >= 0.3 is 0 Å². The molecule has 0 aromatic carbocycles. The van der Waals surface area contributed by atoms with Gasteiger partial charge in [-0.05, 0) is 31.1 Å². The lowest BCUT2D eigenvalue weighted by atomic mass is 9.91. The van der Waals surface area contributed by atoms with Crippen molar-refractivity contribution in [1.82, 2.24) is 5.32 Å². The summed E-state index contributed by atoms with van der Waals surface area (Å²) in [6, 6.07) is 0.541. The third-order valence-electron chi connectivity index (χ3n) is 3.92. The molecule has 3 heteroatoms. The molecule has 1 saturated carbocycles. The average molecular weight is 243 g/mol. The van der Waals surface area contributed by atoms with Crippen LogP contribution in [0, 0.1) is 11.3 Å². The molecule has 0 saturated heterocycles. The van der Waals surface area contributed by atoms with Crippen LogP contribution in [0.3, 0.4) is 0 Å². The Bertz CT molecular complexity index is 238. The summed E-state index contributed by atoms with van der Waals surface area (Å²) in [4.78, 5) is 0. The Morgan fingerprint density at radius 2 is 2.06 bits per heavy atom. The monoisotopic (exact) mass is 243 g/mol. The second kappa shape index (κ2) is 5.68. The van der Waals surface area contributed by atoms with Gasteiger partial charge in [-0.1, -0.05) is 20.8 Å². The van der Waals surface area contributed by atoms with Crippen LogP contribution in [0.1, 0.15) is 47.0 Å². The first-order valence-corrected chi connectivity index (χ1v) is 6.70. The highest BCUT2D eigenvalue weighted by atomic mass is 16.5. The summed E-state index contributed by atoms with van der Waals surface area (Å²) in [7, 11) is 1.67. The quantitative estimate of drug-likeness (QED) is 0.751. The van der Waals surface area contributed by atoms with Crippen molar-refractivity contribution in [1.29, 1.82) is 0 Å². The zero-order valence-corrected chi connectivity index (χ0v) is 12.0. The molecule has 0 bridgehead atoms. The van der Waals surface area contributed by atoms with E-state index in [2.05, 4.69) is 26.1 Å². The smallest absolute Gasteiger partial charge is 0.0765 e. The summed E-state index contributed by atoms with van der Waals surface area (Å²) in [6.07, 6.45) is 3.15. The van der Waals surface area contributed by atoms with Gasteiger partial charge in [0.05, 0.1) is 5.60 Å². The Hall–Kier alpha value is -0.120. The molecule has 0 unspecified atom stereocenters. The zero-order chi connectivity index (χ0) is 13.1. The van der Waals surface area contributed by atoms with E-state index < -0.39 is 5.60 Å². The van der Waals surface area contributed by atoms with E-state index in [1.165, 1.54) is 12.8 Å². The second-order valence-electron chi connectivity index (χ2n) is 6.78. The Morgan fingerprint density at radius 1 is 1.41 bits per heavy atom. The number of aliphatic hydroxyl groups is 1. The number of hydrogen-bond donors (Lipinski definition) is 2. The van der Waals surface area contributed by atoms with Crippen molar-refractivity contribution in [2.45, 2.75) is 58.6 Å². The fraction of sp³-hybridized carbons (Fsp3) is 1.00. The van der Waals surface area contributed by atoms with E-state index in [0.29, 0.717) is 36.9 Å². The molecule has 3 atom stereocenters. The molecule has 0 aromatic rings. The van der Waals surface area contributed by atoms with Gasteiger partial charge in [0.25, 0.3) is 0 Å². The minimum Gasteiger partial charge on any atom is -0.389 e. The molecule has 1 fully saturated rings. The van der Waals surface area contributed by atoms with E-state index in [0.717, 1.165) is 0 Å². The molecule has 102 valence electrons. The molecule has 1 rings (SSSR count). The van der Waals surface area contributed by atoms with E-state index in [1.807, 2.05) is 6.92 Å². The van der Waals surface area contributed by atoms with Gasteiger partial charge in [0.15, 0.2) is 0 Å². The molecule has 0 radical (unpaired) electrons. The molecule has 2 N–H and O–H groups in total. The highest BCUT2D eigenvalue weighted by Crippen LogP contribution is 2.40. The lowest BCUT2D eigenvalue weighted by molar-refractivity contribution is 0.0218. The van der Waals surface area contributed by atoms with E-state index in [4.69, 9.17) is 4.74 Å². The lowest BCUT2D eigenvalue weighted by Gasteiger charge is -2.27. The zero-order valence-electron chi connectivity index (χ0n) is 12.0. The minimum atomic E-state index is -0.664. The second-order valence-corrected chi connectivity index (χ2v) is 6.78. The maximum absolute atomic E-state index is 10.2. The van der Waals surface area contributed by atoms with Crippen molar-refractivity contribution < 1.29 is 9.84 Å². The Kier molecular flexibility index (Phi) is 4.99. The number of nitrogens with one attached hydrogen (secondary N) is 1. The lowest BCUT2D eigenvalue weighted by Crippen LogP contribution is -2.44. The first kappa shape index (κ1) is 14.9. The first-order valence-electron chi connectivity index (χ1n) is 6.70. The predicted molar refractivity (Wildman–Crippen MR) is 71.1 cm³/mol. The van der Waals surface area contributed by atoms with Gasteiger partial charge in [-0.25, -0.2) is 0 Å². The Labute approximate surface area is 106 Å². The maximum Gasteiger partial charge on any atom is 0.0765 e. The summed E-state index contributed by atoms with van der Waals surface area (Å²) >= 11 is 0. The van der Waals surface area contributed by atoms with E-state index in [1.54, 1.807) is 7.11 Å². The highest BCUT2D eigenvalue weighted by Gasteiger charge is 2.37. The molecule has 0 spiro atoms. The molecule has 0 aliphatic heterocycles. The number of rotatable bonds is 6. The number of ether oxygens (including phenoxy) is 1. The van der Waals surface area contributed by atoms with Crippen LogP contribution in [0.4, 0.5) is 0 Å². The average Bonchev–Trinajstić information content (AvgIpc) is 2.46. The van der Waals surface area contributed by atoms with Gasteiger partial charge in [-0.2, -0.15) is 0 Å². The topological polar surface area (TPSA) is 41.5 Å². The Balaban J connectivity index is 2.35. The minimum absolute atomic E-state index is 0.440. The van der Waals surface area contributed by atoms with Gasteiger partial charge in [-0.15, -0.1) is 0 Å². The van der Waals surface area contributed by atoms with Crippen molar-refractivity contribution >= 4 is 0 Å². The van der Waals surface area contributed by atoms with Crippen molar-refractivity contribution in [3.8, 4) is 0 Å². The van der Waals surface area contributed by atoms with Crippen molar-refractivity contribution in [3.05, 3.63) is 0 Å². The summed E-state index contributed by atoms with van der Waals surface area (Å²) in [6.45, 7) is 10.1. The third-order valence-corrected chi connectivity index (χ3v) is 3.92. The van der Waals surface area contributed by atoms with Crippen LogP contribution in [0.5, 0.6) is 0 Å². The fourth-order valence-corrected chi connectivity index (χ4v) is 2.93. The van der Waals surface area contributed by atoms with Crippen LogP contribution in [0.15, 0.2) is 0 Å². The normalized spacial score (nSPS) is 31.4. The van der Waals surface area contributed by atoms with Crippen molar-refractivity contribution in [3.63, 3.8) is 0 Å². The highest BCUT2D eigenvalue weighted by molar-refractivity contribution is 4.92. The van der Waals surface area contributed by atoms with Crippen LogP contribution in [-0.4, -0.2) is 37.0 Å². The molecule has 0 heterocycles. The van der Waals surface area contributed by atoms with E-state index in [-0.39, 0.29) is 0 Å². The van der Waals surface area contributed by atoms with Gasteiger partial charge in [-0.3, -0.25) is 0 Å². The maximum atomic E-state index is 10.2. The molecule has 1 aliphatic rings. The third kappa shape index (κ3) is 4.94. The van der Waals surface area contributed by atoms with Crippen molar-refractivity contribution in [2.75, 3.05) is 20.3 Å². The molecule has 0 aromatic heterocycles.